The van der Waals surface area contributed by atoms with E-state index in [1.165, 1.54) is 12.3 Å². The van der Waals surface area contributed by atoms with Crippen LogP contribution in [0.25, 0.3) is 0 Å². The highest BCUT2D eigenvalue weighted by atomic mass is 35.7. The lowest BCUT2D eigenvalue weighted by Crippen LogP contribution is -2.36. The average molecular weight is 335 g/mol. The van der Waals surface area contributed by atoms with Crippen molar-refractivity contribution >= 4 is 25.6 Å². The van der Waals surface area contributed by atoms with E-state index in [9.17, 15) is 13.2 Å². The molecule has 21 heavy (non-hydrogen) atoms. The lowest BCUT2D eigenvalue weighted by atomic mass is 10.3. The third-order valence-corrected chi connectivity index (χ3v) is 4.82. The number of nitrogens with zero attached hydrogens (tertiary/aromatic N) is 2. The van der Waals surface area contributed by atoms with E-state index in [1.54, 1.807) is 16.6 Å². The van der Waals surface area contributed by atoms with Crippen LogP contribution >= 0.6 is 10.7 Å². The van der Waals surface area contributed by atoms with Crippen LogP contribution in [0.1, 0.15) is 30.3 Å². The van der Waals surface area contributed by atoms with E-state index >= 15 is 0 Å². The second kappa shape index (κ2) is 6.37. The van der Waals surface area contributed by atoms with Crippen LogP contribution in [0, 0.1) is 0 Å². The van der Waals surface area contributed by atoms with Crippen LogP contribution in [0.5, 0.6) is 0 Å². The SMILES string of the molecule is CCn1cc(S(=O)(=O)Cl)cc1C(=O)N(CCOC)C1CC1. The van der Waals surface area contributed by atoms with Gasteiger partial charge >= 0.3 is 0 Å². The van der Waals surface area contributed by atoms with Crippen molar-refractivity contribution in [3.8, 4) is 0 Å². The number of carbonyl (C=O) groups is 1. The summed E-state index contributed by atoms with van der Waals surface area (Å²) >= 11 is 0. The Bertz CT molecular complexity index is 622. The number of halogens is 1. The van der Waals surface area contributed by atoms with Crippen molar-refractivity contribution < 1.29 is 17.9 Å². The lowest BCUT2D eigenvalue weighted by molar-refractivity contribution is 0.0669. The van der Waals surface area contributed by atoms with Gasteiger partial charge in [0.2, 0.25) is 0 Å². The third kappa shape index (κ3) is 3.78. The van der Waals surface area contributed by atoms with Crippen molar-refractivity contribution in [1.29, 1.82) is 0 Å². The largest absolute Gasteiger partial charge is 0.383 e. The molecular formula is C13H19ClN2O4S. The van der Waals surface area contributed by atoms with Gasteiger partial charge in [0.15, 0.2) is 0 Å². The number of hydrogen-bond acceptors (Lipinski definition) is 4. The zero-order chi connectivity index (χ0) is 15.6. The molecule has 1 saturated carbocycles. The van der Waals surface area contributed by atoms with Gasteiger partial charge in [-0.05, 0) is 25.8 Å². The molecular weight excluding hydrogens is 316 g/mol. The van der Waals surface area contributed by atoms with Gasteiger partial charge in [-0.1, -0.05) is 0 Å². The second-order valence-electron chi connectivity index (χ2n) is 5.01. The monoisotopic (exact) mass is 334 g/mol. The van der Waals surface area contributed by atoms with Crippen molar-refractivity contribution in [3.63, 3.8) is 0 Å². The van der Waals surface area contributed by atoms with Crippen LogP contribution in [0.4, 0.5) is 0 Å². The number of methoxy groups -OCH3 is 1. The highest BCUT2D eigenvalue weighted by Crippen LogP contribution is 2.29. The minimum Gasteiger partial charge on any atom is -0.383 e. The second-order valence-corrected chi connectivity index (χ2v) is 7.57. The van der Waals surface area contributed by atoms with E-state index in [1.807, 2.05) is 6.92 Å². The molecule has 0 bridgehead atoms. The maximum atomic E-state index is 12.7. The summed E-state index contributed by atoms with van der Waals surface area (Å²) < 4.78 is 29.5. The zero-order valence-corrected chi connectivity index (χ0v) is 13.7. The third-order valence-electron chi connectivity index (χ3n) is 3.50. The molecule has 0 spiro atoms. The number of ether oxygens (including phenoxy) is 1. The summed E-state index contributed by atoms with van der Waals surface area (Å²) in [7, 11) is 3.10. The Hall–Kier alpha value is -1.05. The Morgan fingerprint density at radius 1 is 1.52 bits per heavy atom. The van der Waals surface area contributed by atoms with Crippen LogP contribution in [0.2, 0.25) is 0 Å². The molecule has 0 atom stereocenters. The Morgan fingerprint density at radius 2 is 2.19 bits per heavy atom. The minimum atomic E-state index is -3.84. The molecule has 0 aromatic carbocycles. The lowest BCUT2D eigenvalue weighted by Gasteiger charge is -2.22. The first-order valence-electron chi connectivity index (χ1n) is 6.83. The van der Waals surface area contributed by atoms with Crippen LogP contribution in [-0.4, -0.2) is 50.1 Å². The molecule has 6 nitrogen and oxygen atoms in total. The molecule has 0 aliphatic heterocycles. The van der Waals surface area contributed by atoms with E-state index in [-0.39, 0.29) is 16.8 Å². The summed E-state index contributed by atoms with van der Waals surface area (Å²) in [6.07, 6.45) is 3.35. The fourth-order valence-corrected chi connectivity index (χ4v) is 2.99. The number of aromatic nitrogens is 1. The Labute approximate surface area is 129 Å². The van der Waals surface area contributed by atoms with Gasteiger partial charge in [-0.15, -0.1) is 0 Å². The number of rotatable bonds is 7. The zero-order valence-electron chi connectivity index (χ0n) is 12.1. The van der Waals surface area contributed by atoms with Gasteiger partial charge in [0, 0.05) is 43.1 Å². The molecule has 0 N–H and O–H groups in total. The van der Waals surface area contributed by atoms with Crippen molar-refractivity contribution in [2.75, 3.05) is 20.3 Å². The summed E-state index contributed by atoms with van der Waals surface area (Å²) in [5.74, 6) is -0.178. The van der Waals surface area contributed by atoms with Crippen LogP contribution < -0.4 is 0 Å². The Morgan fingerprint density at radius 3 is 2.67 bits per heavy atom. The topological polar surface area (TPSA) is 68.6 Å². The number of carbonyl (C=O) groups excluding carboxylic acids is 1. The van der Waals surface area contributed by atoms with Crippen molar-refractivity contribution in [2.24, 2.45) is 0 Å². The molecule has 1 aliphatic carbocycles. The maximum absolute atomic E-state index is 12.7. The summed E-state index contributed by atoms with van der Waals surface area (Å²) in [6, 6.07) is 1.57. The molecule has 1 amide bonds. The number of amides is 1. The average Bonchev–Trinajstić information content (AvgIpc) is 3.15. The van der Waals surface area contributed by atoms with E-state index in [4.69, 9.17) is 15.4 Å². The number of hydrogen-bond donors (Lipinski definition) is 0. The summed E-state index contributed by atoms with van der Waals surface area (Å²) in [5, 5.41) is 0. The fourth-order valence-electron chi connectivity index (χ4n) is 2.23. The van der Waals surface area contributed by atoms with Crippen LogP contribution in [0.15, 0.2) is 17.2 Å². The van der Waals surface area contributed by atoms with E-state index in [0.29, 0.717) is 25.4 Å². The standard InChI is InChI=1S/C13H19ClN2O4S/c1-3-15-9-11(21(14,18)19)8-12(15)13(17)16(6-7-20-2)10-4-5-10/h8-10H,3-7H2,1-2H3. The first-order chi connectivity index (χ1) is 9.88. The summed E-state index contributed by atoms with van der Waals surface area (Å²) in [5.41, 5.74) is 0.347. The Kier molecular flexibility index (Phi) is 4.95. The van der Waals surface area contributed by atoms with Crippen molar-refractivity contribution in [2.45, 2.75) is 37.2 Å². The first-order valence-corrected chi connectivity index (χ1v) is 9.14. The van der Waals surface area contributed by atoms with Gasteiger partial charge in [-0.3, -0.25) is 4.79 Å². The summed E-state index contributed by atoms with van der Waals surface area (Å²) in [4.78, 5) is 14.4. The van der Waals surface area contributed by atoms with Crippen molar-refractivity contribution in [1.82, 2.24) is 9.47 Å². The van der Waals surface area contributed by atoms with Gasteiger partial charge in [-0.25, -0.2) is 8.42 Å². The molecule has 0 saturated heterocycles. The molecule has 1 heterocycles. The van der Waals surface area contributed by atoms with Gasteiger partial charge in [0.05, 0.1) is 6.61 Å². The van der Waals surface area contributed by atoms with Gasteiger partial charge in [0.25, 0.3) is 15.0 Å². The molecule has 8 heteroatoms. The smallest absolute Gasteiger partial charge is 0.270 e. The Balaban J connectivity index is 2.30. The molecule has 0 radical (unpaired) electrons. The highest BCUT2D eigenvalue weighted by molar-refractivity contribution is 8.13. The van der Waals surface area contributed by atoms with E-state index in [2.05, 4.69) is 0 Å². The molecule has 1 aliphatic rings. The minimum absolute atomic E-state index is 0.0446. The van der Waals surface area contributed by atoms with Gasteiger partial charge < -0.3 is 14.2 Å². The predicted molar refractivity (Wildman–Crippen MR) is 79.1 cm³/mol. The molecule has 118 valence electrons. The normalized spacial score (nSPS) is 15.2. The number of aryl methyl sites for hydroxylation is 1. The fraction of sp³-hybridized carbons (Fsp3) is 0.615. The summed E-state index contributed by atoms with van der Waals surface area (Å²) in [6.45, 7) is 3.29. The predicted octanol–water partition coefficient (Wildman–Crippen LogP) is 1.69. The molecule has 1 fully saturated rings. The molecule has 1 aromatic rings. The highest BCUT2D eigenvalue weighted by Gasteiger charge is 2.34. The van der Waals surface area contributed by atoms with E-state index in [0.717, 1.165) is 12.8 Å². The maximum Gasteiger partial charge on any atom is 0.270 e. The van der Waals surface area contributed by atoms with Crippen LogP contribution in [-0.2, 0) is 20.3 Å². The quantitative estimate of drug-likeness (QED) is 0.711. The molecule has 1 aromatic heterocycles. The van der Waals surface area contributed by atoms with Crippen molar-refractivity contribution in [3.05, 3.63) is 18.0 Å². The van der Waals surface area contributed by atoms with Gasteiger partial charge in [-0.2, -0.15) is 0 Å². The van der Waals surface area contributed by atoms with Crippen LogP contribution in [0.3, 0.4) is 0 Å². The van der Waals surface area contributed by atoms with Gasteiger partial charge in [0.1, 0.15) is 10.6 Å². The first kappa shape index (κ1) is 16.3. The molecule has 0 unspecified atom stereocenters. The van der Waals surface area contributed by atoms with E-state index < -0.39 is 9.05 Å². The molecule has 2 rings (SSSR count).